The van der Waals surface area contributed by atoms with E-state index < -0.39 is 5.25 Å². The highest BCUT2D eigenvalue weighted by Gasteiger charge is 2.21. The van der Waals surface area contributed by atoms with Crippen molar-refractivity contribution in [3.63, 3.8) is 0 Å². The summed E-state index contributed by atoms with van der Waals surface area (Å²) in [5.74, 6) is 1.62. The molecule has 0 unspecified atom stereocenters. The lowest BCUT2D eigenvalue weighted by Crippen LogP contribution is -2.22. The van der Waals surface area contributed by atoms with Gasteiger partial charge in [0.1, 0.15) is 17.3 Å². The molecule has 0 saturated carbocycles. The summed E-state index contributed by atoms with van der Waals surface area (Å²) in [6, 6.07) is 4.92. The molecule has 0 bridgehead atoms. The van der Waals surface area contributed by atoms with Crippen molar-refractivity contribution in [1.29, 1.82) is 0 Å². The molecule has 0 aliphatic carbocycles. The molecule has 10 heteroatoms. The van der Waals surface area contributed by atoms with Crippen LogP contribution in [0.3, 0.4) is 0 Å². The topological polar surface area (TPSA) is 99.6 Å². The predicted octanol–water partition coefficient (Wildman–Crippen LogP) is 4.43. The van der Waals surface area contributed by atoms with Crippen molar-refractivity contribution in [2.45, 2.75) is 24.3 Å². The molecule has 2 heterocycles. The van der Waals surface area contributed by atoms with Gasteiger partial charge >= 0.3 is 0 Å². The van der Waals surface area contributed by atoms with Gasteiger partial charge in [-0.15, -0.1) is 10.2 Å². The zero-order chi connectivity index (χ0) is 20.3. The van der Waals surface area contributed by atoms with Crippen LogP contribution >= 0.6 is 23.4 Å². The number of carbonyl (C=O) groups is 1. The van der Waals surface area contributed by atoms with Gasteiger partial charge in [0.15, 0.2) is 0 Å². The molecule has 1 atom stereocenters. The van der Waals surface area contributed by atoms with Gasteiger partial charge in [-0.2, -0.15) is 0 Å². The first kappa shape index (κ1) is 20.1. The van der Waals surface area contributed by atoms with Gasteiger partial charge in [0.2, 0.25) is 5.91 Å². The number of furan rings is 1. The normalized spacial score (nSPS) is 11.9. The Morgan fingerprint density at radius 1 is 1.25 bits per heavy atom. The maximum Gasteiger partial charge on any atom is 0.277 e. The number of carbonyl (C=O) groups excluding carboxylic acids is 1. The van der Waals surface area contributed by atoms with E-state index >= 15 is 0 Å². The summed E-state index contributed by atoms with van der Waals surface area (Å²) in [7, 11) is 3.00. The third kappa shape index (κ3) is 4.26. The average molecular weight is 424 g/mol. The Morgan fingerprint density at radius 2 is 2.00 bits per heavy atom. The standard InChI is InChI=1S/C18H18ClN3O5S/c1-9-11(5-6-26-9)17-21-22-18(27-17)28-10(2)16(23)20-13-7-12(19)14(24-3)8-15(13)25-4/h5-8,10H,1-4H3,(H,20,23)/t10-/m1/s1. The second-order valence-electron chi connectivity index (χ2n) is 5.70. The maximum absolute atomic E-state index is 12.6. The molecule has 1 aromatic carbocycles. The van der Waals surface area contributed by atoms with Gasteiger partial charge < -0.3 is 23.6 Å². The minimum Gasteiger partial charge on any atom is -0.495 e. The molecule has 0 radical (unpaired) electrons. The average Bonchev–Trinajstić information content (AvgIpc) is 3.30. The first-order chi connectivity index (χ1) is 13.4. The summed E-state index contributed by atoms with van der Waals surface area (Å²) >= 11 is 7.28. The summed E-state index contributed by atoms with van der Waals surface area (Å²) in [5.41, 5.74) is 1.15. The van der Waals surface area contributed by atoms with Crippen LogP contribution in [-0.2, 0) is 4.79 Å². The van der Waals surface area contributed by atoms with E-state index in [9.17, 15) is 4.79 Å². The Morgan fingerprint density at radius 3 is 2.64 bits per heavy atom. The van der Waals surface area contributed by atoms with Crippen molar-refractivity contribution in [3.05, 3.63) is 35.2 Å². The predicted molar refractivity (Wildman–Crippen MR) is 105 cm³/mol. The quantitative estimate of drug-likeness (QED) is 0.557. The number of anilines is 1. The maximum atomic E-state index is 12.6. The number of aromatic nitrogens is 2. The molecule has 0 aliphatic heterocycles. The van der Waals surface area contributed by atoms with E-state index in [1.165, 1.54) is 14.2 Å². The molecule has 0 saturated heterocycles. The number of methoxy groups -OCH3 is 2. The van der Waals surface area contributed by atoms with E-state index in [-0.39, 0.29) is 11.1 Å². The number of aryl methyl sites for hydroxylation is 1. The fourth-order valence-electron chi connectivity index (χ4n) is 2.37. The first-order valence-corrected chi connectivity index (χ1v) is 9.45. The lowest BCUT2D eigenvalue weighted by Gasteiger charge is -2.15. The van der Waals surface area contributed by atoms with Crippen LogP contribution in [0.1, 0.15) is 12.7 Å². The van der Waals surface area contributed by atoms with Gasteiger partial charge in [-0.1, -0.05) is 23.4 Å². The van der Waals surface area contributed by atoms with Crippen molar-refractivity contribution in [1.82, 2.24) is 10.2 Å². The summed E-state index contributed by atoms with van der Waals surface area (Å²) in [4.78, 5) is 12.6. The molecule has 0 spiro atoms. The third-order valence-electron chi connectivity index (χ3n) is 3.87. The van der Waals surface area contributed by atoms with Gasteiger partial charge in [-0.05, 0) is 26.0 Å². The minimum absolute atomic E-state index is 0.274. The van der Waals surface area contributed by atoms with E-state index in [1.54, 1.807) is 38.3 Å². The Kier molecular flexibility index (Phi) is 6.15. The van der Waals surface area contributed by atoms with Gasteiger partial charge in [-0.3, -0.25) is 4.79 Å². The molecule has 1 N–H and O–H groups in total. The number of rotatable bonds is 7. The van der Waals surface area contributed by atoms with E-state index in [2.05, 4.69) is 15.5 Å². The number of thioether (sulfide) groups is 1. The SMILES string of the molecule is COc1cc(OC)c(NC(=O)[C@@H](C)Sc2nnc(-c3ccoc3C)o2)cc1Cl. The molecule has 3 rings (SSSR count). The third-order valence-corrected chi connectivity index (χ3v) is 5.10. The molecule has 1 amide bonds. The second kappa shape index (κ2) is 8.57. The van der Waals surface area contributed by atoms with Crippen molar-refractivity contribution in [2.24, 2.45) is 0 Å². The fourth-order valence-corrected chi connectivity index (χ4v) is 3.29. The number of hydrogen-bond donors (Lipinski definition) is 1. The first-order valence-electron chi connectivity index (χ1n) is 8.20. The Hall–Kier alpha value is -2.65. The number of amides is 1. The fraction of sp³-hybridized carbons (Fsp3) is 0.278. The summed E-state index contributed by atoms with van der Waals surface area (Å²) < 4.78 is 21.3. The summed E-state index contributed by atoms with van der Waals surface area (Å²) in [5, 5.41) is 10.9. The van der Waals surface area contributed by atoms with Crippen LogP contribution in [0.5, 0.6) is 11.5 Å². The number of nitrogens with zero attached hydrogens (tertiary/aromatic N) is 2. The van der Waals surface area contributed by atoms with Crippen molar-refractivity contribution < 1.29 is 23.1 Å². The molecule has 3 aromatic rings. The second-order valence-corrected chi connectivity index (χ2v) is 7.40. The van der Waals surface area contributed by atoms with E-state index in [4.69, 9.17) is 29.9 Å². The molecular weight excluding hydrogens is 406 g/mol. The molecule has 0 fully saturated rings. The number of nitrogens with one attached hydrogen (secondary N) is 1. The number of ether oxygens (including phenoxy) is 2. The van der Waals surface area contributed by atoms with Crippen LogP contribution in [0, 0.1) is 6.92 Å². The summed E-state index contributed by atoms with van der Waals surface area (Å²) in [6.07, 6.45) is 1.55. The lowest BCUT2D eigenvalue weighted by molar-refractivity contribution is -0.115. The number of benzene rings is 1. The Balaban J connectivity index is 1.70. The van der Waals surface area contributed by atoms with Gasteiger partial charge in [-0.25, -0.2) is 0 Å². The van der Waals surface area contributed by atoms with Crippen LogP contribution in [-0.4, -0.2) is 35.6 Å². The van der Waals surface area contributed by atoms with Gasteiger partial charge in [0.25, 0.3) is 11.1 Å². The Labute approximate surface area is 170 Å². The zero-order valence-electron chi connectivity index (χ0n) is 15.6. The number of halogens is 1. The molecule has 2 aromatic heterocycles. The molecule has 148 valence electrons. The molecule has 0 aliphatic rings. The lowest BCUT2D eigenvalue weighted by atomic mass is 10.2. The summed E-state index contributed by atoms with van der Waals surface area (Å²) in [6.45, 7) is 3.53. The van der Waals surface area contributed by atoms with Crippen LogP contribution in [0.15, 0.2) is 38.5 Å². The Bertz CT molecular complexity index is 988. The van der Waals surface area contributed by atoms with E-state index in [0.717, 1.165) is 11.8 Å². The monoisotopic (exact) mass is 423 g/mol. The number of hydrogen-bond acceptors (Lipinski definition) is 8. The van der Waals surface area contributed by atoms with Gasteiger partial charge in [0.05, 0.1) is 42.0 Å². The minimum atomic E-state index is -0.510. The van der Waals surface area contributed by atoms with E-state index in [0.29, 0.717) is 39.4 Å². The van der Waals surface area contributed by atoms with Crippen molar-refractivity contribution in [3.8, 4) is 23.0 Å². The highest BCUT2D eigenvalue weighted by Crippen LogP contribution is 2.36. The largest absolute Gasteiger partial charge is 0.495 e. The molecule has 28 heavy (non-hydrogen) atoms. The van der Waals surface area contributed by atoms with Crippen LogP contribution in [0.4, 0.5) is 5.69 Å². The van der Waals surface area contributed by atoms with Crippen LogP contribution in [0.2, 0.25) is 5.02 Å². The van der Waals surface area contributed by atoms with Crippen molar-refractivity contribution in [2.75, 3.05) is 19.5 Å². The van der Waals surface area contributed by atoms with E-state index in [1.807, 2.05) is 0 Å². The van der Waals surface area contributed by atoms with Crippen LogP contribution < -0.4 is 14.8 Å². The highest BCUT2D eigenvalue weighted by molar-refractivity contribution is 8.00. The zero-order valence-corrected chi connectivity index (χ0v) is 17.2. The smallest absolute Gasteiger partial charge is 0.277 e. The van der Waals surface area contributed by atoms with Gasteiger partial charge in [0, 0.05) is 6.07 Å². The molecular formula is C18H18ClN3O5S. The highest BCUT2D eigenvalue weighted by atomic mass is 35.5. The molecule has 8 nitrogen and oxygen atoms in total. The van der Waals surface area contributed by atoms with Crippen LogP contribution in [0.25, 0.3) is 11.5 Å². The van der Waals surface area contributed by atoms with Crippen molar-refractivity contribution >= 4 is 35.0 Å².